The van der Waals surface area contributed by atoms with Crippen molar-refractivity contribution in [3.8, 4) is 0 Å². The van der Waals surface area contributed by atoms with Gasteiger partial charge in [0.05, 0.1) is 0 Å². The Bertz CT molecular complexity index is 411. The number of hydrogen-bond donors (Lipinski definition) is 2. The number of amides is 1. The van der Waals surface area contributed by atoms with Crippen LogP contribution < -0.4 is 11.1 Å². The molecule has 1 aromatic carbocycles. The van der Waals surface area contributed by atoms with Crippen LogP contribution in [0.4, 0.5) is 0 Å². The van der Waals surface area contributed by atoms with Crippen molar-refractivity contribution in [1.82, 2.24) is 5.32 Å². The summed E-state index contributed by atoms with van der Waals surface area (Å²) in [5, 5.41) is 2.99. The second-order valence-electron chi connectivity index (χ2n) is 5.49. The molecule has 3 heteroatoms. The Morgan fingerprint density at radius 2 is 2.00 bits per heavy atom. The third-order valence-electron chi connectivity index (χ3n) is 3.97. The molecule has 104 valence electrons. The van der Waals surface area contributed by atoms with Crippen LogP contribution in [0.2, 0.25) is 0 Å². The number of hydrogen-bond acceptors (Lipinski definition) is 2. The maximum Gasteiger partial charge on any atom is 0.220 e. The van der Waals surface area contributed by atoms with Gasteiger partial charge < -0.3 is 11.1 Å². The summed E-state index contributed by atoms with van der Waals surface area (Å²) < 4.78 is 0. The molecule has 0 spiro atoms. The molecule has 1 aliphatic rings. The monoisotopic (exact) mass is 260 g/mol. The Morgan fingerprint density at radius 1 is 1.26 bits per heavy atom. The number of rotatable bonds is 6. The Labute approximate surface area is 115 Å². The van der Waals surface area contributed by atoms with Gasteiger partial charge in [0.15, 0.2) is 0 Å². The van der Waals surface area contributed by atoms with Crippen molar-refractivity contribution in [3.05, 3.63) is 35.4 Å². The zero-order valence-electron chi connectivity index (χ0n) is 11.5. The highest BCUT2D eigenvalue weighted by Crippen LogP contribution is 2.28. The van der Waals surface area contributed by atoms with E-state index < -0.39 is 0 Å². The summed E-state index contributed by atoms with van der Waals surface area (Å²) in [5.41, 5.74) is 7.84. The van der Waals surface area contributed by atoms with Crippen molar-refractivity contribution in [2.45, 2.75) is 51.6 Å². The fourth-order valence-corrected chi connectivity index (χ4v) is 2.79. The number of nitrogens with one attached hydrogen (secondary N) is 1. The second kappa shape index (κ2) is 7.29. The molecule has 1 saturated carbocycles. The zero-order valence-corrected chi connectivity index (χ0v) is 11.5. The highest BCUT2D eigenvalue weighted by molar-refractivity contribution is 5.75. The van der Waals surface area contributed by atoms with Crippen LogP contribution in [0.5, 0.6) is 0 Å². The minimum Gasteiger partial charge on any atom is -0.352 e. The maximum absolute atomic E-state index is 11.8. The molecule has 1 fully saturated rings. The lowest BCUT2D eigenvalue weighted by atomic mass is 10.0. The summed E-state index contributed by atoms with van der Waals surface area (Å²) in [6.07, 6.45) is 7.03. The summed E-state index contributed by atoms with van der Waals surface area (Å²) >= 11 is 0. The lowest BCUT2D eigenvalue weighted by Gasteiger charge is -2.09. The molecule has 0 saturated heterocycles. The van der Waals surface area contributed by atoms with Crippen molar-refractivity contribution in [2.75, 3.05) is 0 Å². The van der Waals surface area contributed by atoms with Gasteiger partial charge >= 0.3 is 0 Å². The summed E-state index contributed by atoms with van der Waals surface area (Å²) in [4.78, 5) is 11.8. The summed E-state index contributed by atoms with van der Waals surface area (Å²) in [7, 11) is 0. The topological polar surface area (TPSA) is 55.1 Å². The van der Waals surface area contributed by atoms with E-state index in [0.29, 0.717) is 19.5 Å². The van der Waals surface area contributed by atoms with E-state index in [0.717, 1.165) is 23.5 Å². The normalized spacial score (nSPS) is 15.6. The van der Waals surface area contributed by atoms with Crippen molar-refractivity contribution in [3.63, 3.8) is 0 Å². The summed E-state index contributed by atoms with van der Waals surface area (Å²) in [6, 6.07) is 8.07. The zero-order chi connectivity index (χ0) is 13.5. The van der Waals surface area contributed by atoms with Gasteiger partial charge in [-0.3, -0.25) is 4.79 Å². The van der Waals surface area contributed by atoms with Crippen LogP contribution in [0.3, 0.4) is 0 Å². The second-order valence-corrected chi connectivity index (χ2v) is 5.49. The van der Waals surface area contributed by atoms with E-state index >= 15 is 0 Å². The van der Waals surface area contributed by atoms with E-state index in [4.69, 9.17) is 5.73 Å². The standard InChI is InChI=1S/C16H24N2O/c17-11-14-6-3-7-15(10-14)12-18-16(19)9-8-13-4-1-2-5-13/h3,6-7,10,13H,1-2,4-5,8-9,11-12,17H2,(H,18,19). The molecule has 0 radical (unpaired) electrons. The Morgan fingerprint density at radius 3 is 2.74 bits per heavy atom. The van der Waals surface area contributed by atoms with Crippen LogP contribution in [-0.4, -0.2) is 5.91 Å². The Balaban J connectivity index is 1.70. The third kappa shape index (κ3) is 4.67. The van der Waals surface area contributed by atoms with Gasteiger partial charge in [0.25, 0.3) is 0 Å². The molecular weight excluding hydrogens is 236 g/mol. The van der Waals surface area contributed by atoms with Crippen LogP contribution in [0.1, 0.15) is 49.7 Å². The van der Waals surface area contributed by atoms with Gasteiger partial charge in [-0.1, -0.05) is 49.9 Å². The quantitative estimate of drug-likeness (QED) is 0.826. The van der Waals surface area contributed by atoms with Gasteiger partial charge in [0.1, 0.15) is 0 Å². The van der Waals surface area contributed by atoms with E-state index in [1.165, 1.54) is 25.7 Å². The first-order chi connectivity index (χ1) is 9.28. The maximum atomic E-state index is 11.8. The first kappa shape index (κ1) is 14.1. The first-order valence-electron chi connectivity index (χ1n) is 7.32. The molecular formula is C16H24N2O. The lowest BCUT2D eigenvalue weighted by Crippen LogP contribution is -2.23. The van der Waals surface area contributed by atoms with Gasteiger partial charge in [-0.2, -0.15) is 0 Å². The van der Waals surface area contributed by atoms with Gasteiger partial charge in [-0.25, -0.2) is 0 Å². The van der Waals surface area contributed by atoms with E-state index in [2.05, 4.69) is 11.4 Å². The van der Waals surface area contributed by atoms with E-state index in [9.17, 15) is 4.79 Å². The van der Waals surface area contributed by atoms with E-state index in [-0.39, 0.29) is 5.91 Å². The highest BCUT2D eigenvalue weighted by Gasteiger charge is 2.15. The van der Waals surface area contributed by atoms with Crippen molar-refractivity contribution >= 4 is 5.91 Å². The van der Waals surface area contributed by atoms with Gasteiger partial charge in [-0.05, 0) is 23.5 Å². The molecule has 1 aromatic rings. The fraction of sp³-hybridized carbons (Fsp3) is 0.562. The number of carbonyl (C=O) groups excluding carboxylic acids is 1. The molecule has 19 heavy (non-hydrogen) atoms. The number of carbonyl (C=O) groups is 1. The lowest BCUT2D eigenvalue weighted by molar-refractivity contribution is -0.121. The minimum atomic E-state index is 0.171. The van der Waals surface area contributed by atoms with Crippen LogP contribution in [0.15, 0.2) is 24.3 Å². The molecule has 1 amide bonds. The number of nitrogens with two attached hydrogens (primary N) is 1. The molecule has 0 heterocycles. The average molecular weight is 260 g/mol. The van der Waals surface area contributed by atoms with Gasteiger partial charge in [0, 0.05) is 19.5 Å². The smallest absolute Gasteiger partial charge is 0.220 e. The molecule has 3 nitrogen and oxygen atoms in total. The van der Waals surface area contributed by atoms with E-state index in [1.807, 2.05) is 18.2 Å². The van der Waals surface area contributed by atoms with Crippen LogP contribution in [0.25, 0.3) is 0 Å². The van der Waals surface area contributed by atoms with Crippen molar-refractivity contribution in [2.24, 2.45) is 11.7 Å². The number of benzene rings is 1. The highest BCUT2D eigenvalue weighted by atomic mass is 16.1. The molecule has 1 aliphatic carbocycles. The summed E-state index contributed by atoms with van der Waals surface area (Å²) in [6.45, 7) is 1.15. The van der Waals surface area contributed by atoms with Gasteiger partial charge in [-0.15, -0.1) is 0 Å². The fourth-order valence-electron chi connectivity index (χ4n) is 2.79. The van der Waals surface area contributed by atoms with E-state index in [1.54, 1.807) is 0 Å². The minimum absolute atomic E-state index is 0.171. The van der Waals surface area contributed by atoms with Gasteiger partial charge in [0.2, 0.25) is 5.91 Å². The largest absolute Gasteiger partial charge is 0.352 e. The predicted molar refractivity (Wildman–Crippen MR) is 77.4 cm³/mol. The SMILES string of the molecule is NCc1cccc(CNC(=O)CCC2CCCC2)c1. The molecule has 0 bridgehead atoms. The molecule has 0 atom stereocenters. The predicted octanol–water partition coefficient (Wildman–Crippen LogP) is 2.73. The first-order valence-corrected chi connectivity index (χ1v) is 7.32. The molecule has 0 unspecified atom stereocenters. The third-order valence-corrected chi connectivity index (χ3v) is 3.97. The van der Waals surface area contributed by atoms with Crippen LogP contribution >= 0.6 is 0 Å². The summed E-state index contributed by atoms with van der Waals surface area (Å²) in [5.74, 6) is 0.955. The van der Waals surface area contributed by atoms with Crippen LogP contribution in [0, 0.1) is 5.92 Å². The Hall–Kier alpha value is -1.35. The van der Waals surface area contributed by atoms with Crippen LogP contribution in [-0.2, 0) is 17.9 Å². The average Bonchev–Trinajstić information content (AvgIpc) is 2.96. The van der Waals surface area contributed by atoms with Crippen molar-refractivity contribution < 1.29 is 4.79 Å². The van der Waals surface area contributed by atoms with Crippen molar-refractivity contribution in [1.29, 1.82) is 0 Å². The molecule has 2 rings (SSSR count). The molecule has 0 aliphatic heterocycles. The molecule has 3 N–H and O–H groups in total. The Kier molecular flexibility index (Phi) is 5.40. The molecule has 0 aromatic heterocycles.